The van der Waals surface area contributed by atoms with Crippen molar-refractivity contribution in [3.05, 3.63) is 34.3 Å². The van der Waals surface area contributed by atoms with Gasteiger partial charge in [0.1, 0.15) is 5.83 Å². The van der Waals surface area contributed by atoms with Gasteiger partial charge in [0.15, 0.2) is 0 Å². The highest BCUT2D eigenvalue weighted by Gasteiger charge is 2.39. The van der Waals surface area contributed by atoms with Crippen molar-refractivity contribution in [2.24, 2.45) is 0 Å². The predicted molar refractivity (Wildman–Crippen MR) is 81.8 cm³/mol. The molecule has 4 heteroatoms. The summed E-state index contributed by atoms with van der Waals surface area (Å²) in [7, 11) is -1.86. The Balaban J connectivity index is 2.83. The van der Waals surface area contributed by atoms with Crippen LogP contribution in [0, 0.1) is 0 Å². The molecule has 1 rings (SSSR count). The van der Waals surface area contributed by atoms with E-state index in [1.807, 2.05) is 0 Å². The van der Waals surface area contributed by atoms with Crippen molar-refractivity contribution in [2.75, 3.05) is 0 Å². The fourth-order valence-electron chi connectivity index (χ4n) is 1.41. The minimum atomic E-state index is -1.86. The Kier molecular flexibility index (Phi) is 4.65. The molecular weight excluding hydrogens is 311 g/mol. The number of halogens is 2. The summed E-state index contributed by atoms with van der Waals surface area (Å²) in [5.41, 5.74) is 0.994. The fraction of sp³-hybridized carbons (Fsp3) is 0.571. The number of hydrogen-bond acceptors (Lipinski definition) is 1. The summed E-state index contributed by atoms with van der Waals surface area (Å²) in [5, 5.41) is 0.142. The standard InChI is InChI=1S/C14H22BrFOSi/c1-10(17-18(5,6)14(2,3)4)11-7-8-13(16)12(15)9-11/h9H,1,7-8H2,2-6H3. The molecule has 0 aromatic carbocycles. The van der Waals surface area contributed by atoms with Crippen molar-refractivity contribution >= 4 is 24.2 Å². The molecule has 0 N–H and O–H groups in total. The minimum absolute atomic E-state index is 0.0983. The molecule has 0 bridgehead atoms. The zero-order valence-corrected chi connectivity index (χ0v) is 14.4. The van der Waals surface area contributed by atoms with Crippen LogP contribution in [0.5, 0.6) is 0 Å². The monoisotopic (exact) mass is 332 g/mol. The van der Waals surface area contributed by atoms with E-state index in [2.05, 4.69) is 56.4 Å². The van der Waals surface area contributed by atoms with Crippen molar-refractivity contribution < 1.29 is 8.82 Å². The molecule has 0 unspecified atom stereocenters. The number of allylic oxidation sites excluding steroid dienone is 4. The van der Waals surface area contributed by atoms with Crippen LogP contribution in [0.4, 0.5) is 4.39 Å². The van der Waals surface area contributed by atoms with Gasteiger partial charge in [0, 0.05) is 10.9 Å². The van der Waals surface area contributed by atoms with Crippen LogP contribution in [0.1, 0.15) is 33.6 Å². The van der Waals surface area contributed by atoms with Gasteiger partial charge < -0.3 is 4.43 Å². The maximum Gasteiger partial charge on any atom is 0.250 e. The summed E-state index contributed by atoms with van der Waals surface area (Å²) in [5.74, 6) is 0.602. The highest BCUT2D eigenvalue weighted by atomic mass is 79.9. The van der Waals surface area contributed by atoms with E-state index in [1.165, 1.54) is 0 Å². The molecule has 0 saturated carbocycles. The largest absolute Gasteiger partial charge is 0.544 e. The molecule has 0 aromatic rings. The molecule has 0 atom stereocenters. The lowest BCUT2D eigenvalue weighted by molar-refractivity contribution is 0.390. The van der Waals surface area contributed by atoms with Gasteiger partial charge in [-0.1, -0.05) is 27.4 Å². The summed E-state index contributed by atoms with van der Waals surface area (Å²) >= 11 is 3.22. The molecular formula is C14H22BrFOSi. The third kappa shape index (κ3) is 3.57. The van der Waals surface area contributed by atoms with E-state index in [0.717, 1.165) is 5.57 Å². The molecule has 102 valence electrons. The Hall–Kier alpha value is -0.353. The van der Waals surface area contributed by atoms with Gasteiger partial charge in [0.25, 0.3) is 0 Å². The first-order valence-electron chi connectivity index (χ1n) is 6.17. The van der Waals surface area contributed by atoms with Crippen LogP contribution in [0.15, 0.2) is 34.3 Å². The van der Waals surface area contributed by atoms with Crippen molar-refractivity contribution in [3.63, 3.8) is 0 Å². The zero-order chi connectivity index (χ0) is 14.1. The Morgan fingerprint density at radius 2 is 1.94 bits per heavy atom. The van der Waals surface area contributed by atoms with Gasteiger partial charge >= 0.3 is 0 Å². The molecule has 1 nitrogen and oxygen atoms in total. The van der Waals surface area contributed by atoms with E-state index in [-0.39, 0.29) is 10.9 Å². The Labute approximate surface area is 119 Å². The van der Waals surface area contributed by atoms with E-state index >= 15 is 0 Å². The molecule has 0 amide bonds. The van der Waals surface area contributed by atoms with Crippen LogP contribution in [-0.2, 0) is 4.43 Å². The molecule has 0 aliphatic heterocycles. The molecule has 0 aromatic heterocycles. The molecule has 0 radical (unpaired) electrons. The first-order valence-corrected chi connectivity index (χ1v) is 9.88. The Morgan fingerprint density at radius 1 is 1.39 bits per heavy atom. The molecule has 1 aliphatic carbocycles. The summed E-state index contributed by atoms with van der Waals surface area (Å²) in [6.45, 7) is 15.0. The SMILES string of the molecule is C=C(O[Si](C)(C)C(C)(C)C)C1=CC(Br)=C(F)CC1. The van der Waals surface area contributed by atoms with Gasteiger partial charge in [0.05, 0.1) is 5.76 Å². The Morgan fingerprint density at radius 3 is 2.39 bits per heavy atom. The lowest BCUT2D eigenvalue weighted by Gasteiger charge is -2.37. The average Bonchev–Trinajstić information content (AvgIpc) is 2.19. The van der Waals surface area contributed by atoms with Crippen LogP contribution < -0.4 is 0 Å². The molecule has 0 heterocycles. The minimum Gasteiger partial charge on any atom is -0.544 e. The second-order valence-electron chi connectivity index (χ2n) is 6.21. The maximum atomic E-state index is 13.3. The smallest absolute Gasteiger partial charge is 0.250 e. The van der Waals surface area contributed by atoms with Gasteiger partial charge in [-0.25, -0.2) is 4.39 Å². The summed E-state index contributed by atoms with van der Waals surface area (Å²) in [4.78, 5) is 0. The second kappa shape index (κ2) is 5.33. The van der Waals surface area contributed by atoms with Gasteiger partial charge in [-0.3, -0.25) is 0 Å². The lowest BCUT2D eigenvalue weighted by Crippen LogP contribution is -2.40. The van der Waals surface area contributed by atoms with Crippen molar-refractivity contribution in [1.82, 2.24) is 0 Å². The van der Waals surface area contributed by atoms with Gasteiger partial charge in [0.2, 0.25) is 8.32 Å². The third-order valence-electron chi connectivity index (χ3n) is 3.72. The van der Waals surface area contributed by atoms with E-state index in [0.29, 0.717) is 23.1 Å². The number of rotatable bonds is 3. The summed E-state index contributed by atoms with van der Waals surface area (Å²) in [6, 6.07) is 0. The molecule has 0 spiro atoms. The normalized spacial score (nSPS) is 17.6. The van der Waals surface area contributed by atoms with E-state index < -0.39 is 8.32 Å². The molecule has 0 saturated heterocycles. The van der Waals surface area contributed by atoms with Gasteiger partial charge in [-0.05, 0) is 52.1 Å². The highest BCUT2D eigenvalue weighted by molar-refractivity contribution is 9.11. The van der Waals surface area contributed by atoms with Crippen LogP contribution in [0.25, 0.3) is 0 Å². The Bertz CT molecular complexity index is 416. The first kappa shape index (κ1) is 15.7. The van der Waals surface area contributed by atoms with E-state index in [4.69, 9.17) is 4.43 Å². The summed E-state index contributed by atoms with van der Waals surface area (Å²) in [6.07, 6.45) is 2.87. The van der Waals surface area contributed by atoms with Crippen molar-refractivity contribution in [2.45, 2.75) is 51.7 Å². The summed E-state index contributed by atoms with van der Waals surface area (Å²) < 4.78 is 19.9. The van der Waals surface area contributed by atoms with E-state index in [9.17, 15) is 4.39 Å². The van der Waals surface area contributed by atoms with Gasteiger partial charge in [-0.15, -0.1) is 0 Å². The second-order valence-corrected chi connectivity index (χ2v) is 11.8. The maximum absolute atomic E-state index is 13.3. The van der Waals surface area contributed by atoms with Crippen LogP contribution >= 0.6 is 15.9 Å². The topological polar surface area (TPSA) is 9.23 Å². The van der Waals surface area contributed by atoms with Crippen molar-refractivity contribution in [1.29, 1.82) is 0 Å². The average molecular weight is 333 g/mol. The van der Waals surface area contributed by atoms with Crippen molar-refractivity contribution in [3.8, 4) is 0 Å². The highest BCUT2D eigenvalue weighted by Crippen LogP contribution is 2.40. The lowest BCUT2D eigenvalue weighted by atomic mass is 10.0. The predicted octanol–water partition coefficient (Wildman–Crippen LogP) is 5.82. The van der Waals surface area contributed by atoms with Crippen LogP contribution in [0.2, 0.25) is 18.1 Å². The first-order chi connectivity index (χ1) is 8.04. The van der Waals surface area contributed by atoms with Crippen LogP contribution in [0.3, 0.4) is 0 Å². The molecule has 18 heavy (non-hydrogen) atoms. The molecule has 1 aliphatic rings. The zero-order valence-electron chi connectivity index (χ0n) is 11.9. The number of hydrogen-bond donors (Lipinski definition) is 0. The molecule has 0 fully saturated rings. The third-order valence-corrected chi connectivity index (χ3v) is 8.74. The van der Waals surface area contributed by atoms with E-state index in [1.54, 1.807) is 6.08 Å². The quantitative estimate of drug-likeness (QED) is 0.467. The van der Waals surface area contributed by atoms with Crippen LogP contribution in [-0.4, -0.2) is 8.32 Å². The van der Waals surface area contributed by atoms with Gasteiger partial charge in [-0.2, -0.15) is 0 Å². The fourth-order valence-corrected chi connectivity index (χ4v) is 2.94.